The molecule has 5 heteroatoms. The summed E-state index contributed by atoms with van der Waals surface area (Å²) in [4.78, 5) is 8.50. The highest BCUT2D eigenvalue weighted by Gasteiger charge is 2.36. The van der Waals surface area contributed by atoms with Crippen molar-refractivity contribution in [1.29, 1.82) is 5.41 Å². The van der Waals surface area contributed by atoms with E-state index in [1.807, 2.05) is 6.07 Å². The van der Waals surface area contributed by atoms with Gasteiger partial charge in [0.2, 0.25) is 5.28 Å². The maximum atomic E-state index is 7.63. The minimum absolute atomic E-state index is 0.0476. The highest BCUT2D eigenvalue weighted by Crippen LogP contribution is 2.52. The third-order valence-corrected chi connectivity index (χ3v) is 6.54. The largest absolute Gasteiger partial charge is 0.452 e. The molecule has 1 aliphatic carbocycles. The number of furan rings is 1. The van der Waals surface area contributed by atoms with E-state index in [0.717, 1.165) is 17.2 Å². The molecule has 0 aliphatic heterocycles. The first-order valence-electron chi connectivity index (χ1n) is 10.1. The van der Waals surface area contributed by atoms with Gasteiger partial charge in [0.15, 0.2) is 5.58 Å². The van der Waals surface area contributed by atoms with Crippen molar-refractivity contribution in [3.63, 3.8) is 0 Å². The van der Waals surface area contributed by atoms with Crippen LogP contribution in [0.2, 0.25) is 5.28 Å². The van der Waals surface area contributed by atoms with Crippen molar-refractivity contribution >= 4 is 39.9 Å². The Kier molecular flexibility index (Phi) is 3.69. The molecule has 0 unspecified atom stereocenters. The van der Waals surface area contributed by atoms with Gasteiger partial charge < -0.3 is 9.83 Å². The summed E-state index contributed by atoms with van der Waals surface area (Å²) < 4.78 is 5.97. The average molecular weight is 424 g/mol. The second-order valence-corrected chi connectivity index (χ2v) is 8.75. The first kappa shape index (κ1) is 18.3. The third-order valence-electron chi connectivity index (χ3n) is 6.37. The number of hydrogen-bond acceptors (Lipinski definition) is 4. The van der Waals surface area contributed by atoms with Gasteiger partial charge in [-0.2, -0.15) is 0 Å². The van der Waals surface area contributed by atoms with E-state index < -0.39 is 0 Å². The van der Waals surface area contributed by atoms with Crippen molar-refractivity contribution in [1.82, 2.24) is 9.97 Å². The predicted molar refractivity (Wildman–Crippen MR) is 125 cm³/mol. The predicted octanol–water partition coefficient (Wildman–Crippen LogP) is 7.00. The lowest BCUT2D eigenvalue weighted by atomic mass is 9.82. The number of fused-ring (bicyclic) bond motifs is 6. The Labute approximate surface area is 184 Å². The van der Waals surface area contributed by atoms with Crippen molar-refractivity contribution in [2.24, 2.45) is 0 Å². The van der Waals surface area contributed by atoms with Crippen molar-refractivity contribution in [3.8, 4) is 22.3 Å². The molecular formula is C26H18ClN3O. The zero-order chi connectivity index (χ0) is 21.3. The Balaban J connectivity index is 1.65. The van der Waals surface area contributed by atoms with Gasteiger partial charge in [-0.25, -0.2) is 9.97 Å². The Morgan fingerprint density at radius 1 is 0.935 bits per heavy atom. The third kappa shape index (κ3) is 2.45. The van der Waals surface area contributed by atoms with Crippen LogP contribution >= 0.6 is 11.6 Å². The molecule has 0 bridgehead atoms. The number of nitrogens with zero attached hydrogens (tertiary/aromatic N) is 2. The van der Waals surface area contributed by atoms with Crippen LogP contribution in [0.5, 0.6) is 0 Å². The lowest BCUT2D eigenvalue weighted by molar-refractivity contribution is 0.660. The molecule has 0 spiro atoms. The van der Waals surface area contributed by atoms with Crippen molar-refractivity contribution in [2.75, 3.05) is 0 Å². The van der Waals surface area contributed by atoms with Crippen LogP contribution in [0, 0.1) is 5.41 Å². The molecule has 4 nitrogen and oxygen atoms in total. The van der Waals surface area contributed by atoms with Crippen molar-refractivity contribution < 1.29 is 4.42 Å². The van der Waals surface area contributed by atoms with Gasteiger partial charge in [0.05, 0.1) is 0 Å². The Bertz CT molecular complexity index is 1550. The smallest absolute Gasteiger partial charge is 0.223 e. The van der Waals surface area contributed by atoms with E-state index in [4.69, 9.17) is 21.4 Å². The quantitative estimate of drug-likeness (QED) is 0.245. The maximum Gasteiger partial charge on any atom is 0.223 e. The van der Waals surface area contributed by atoms with Gasteiger partial charge in [-0.1, -0.05) is 62.4 Å². The van der Waals surface area contributed by atoms with Gasteiger partial charge in [-0.15, -0.1) is 0 Å². The van der Waals surface area contributed by atoms with E-state index in [2.05, 4.69) is 78.4 Å². The number of nitrogens with one attached hydrogen (secondary N) is 1. The van der Waals surface area contributed by atoms with Crippen molar-refractivity contribution in [2.45, 2.75) is 19.3 Å². The van der Waals surface area contributed by atoms with Crippen LogP contribution < -0.4 is 0 Å². The van der Waals surface area contributed by atoms with Gasteiger partial charge in [-0.3, -0.25) is 0 Å². The number of rotatable bonds is 2. The standard InChI is InChI=1S/C26H18ClN3O/c1-26(2)18-8-4-3-6-16(18)22-15(7-5-9-19(22)26)14-10-11-21-17(12-14)23-24(31-21)20(13-28)29-25(27)30-23/h3-13,28H,1-2H3. The number of aromatic nitrogens is 2. The molecule has 3 aromatic carbocycles. The summed E-state index contributed by atoms with van der Waals surface area (Å²) in [5, 5.41) is 8.60. The lowest BCUT2D eigenvalue weighted by Gasteiger charge is -2.21. The minimum Gasteiger partial charge on any atom is -0.452 e. The summed E-state index contributed by atoms with van der Waals surface area (Å²) in [6.07, 6.45) is 1.14. The number of halogens is 1. The summed E-state index contributed by atoms with van der Waals surface area (Å²) in [7, 11) is 0. The first-order chi connectivity index (χ1) is 15.0. The Morgan fingerprint density at radius 3 is 2.55 bits per heavy atom. The molecule has 0 radical (unpaired) electrons. The summed E-state index contributed by atoms with van der Waals surface area (Å²) in [5.41, 5.74) is 9.66. The molecule has 6 rings (SSSR count). The summed E-state index contributed by atoms with van der Waals surface area (Å²) >= 11 is 6.11. The SMILES string of the molecule is CC1(C)c2ccccc2-c2c(-c3ccc4oc5c(C=N)nc(Cl)nc5c4c3)cccc21. The molecule has 0 saturated heterocycles. The van der Waals surface area contributed by atoms with Crippen LogP contribution in [0.1, 0.15) is 30.7 Å². The van der Waals surface area contributed by atoms with Crippen LogP contribution in [-0.4, -0.2) is 16.2 Å². The molecule has 0 fully saturated rings. The van der Waals surface area contributed by atoms with E-state index in [-0.39, 0.29) is 10.7 Å². The Morgan fingerprint density at radius 2 is 1.71 bits per heavy atom. The van der Waals surface area contributed by atoms with E-state index >= 15 is 0 Å². The molecule has 0 saturated carbocycles. The monoisotopic (exact) mass is 423 g/mol. The highest BCUT2D eigenvalue weighted by molar-refractivity contribution is 6.29. The molecule has 5 aromatic rings. The first-order valence-corrected chi connectivity index (χ1v) is 10.5. The number of benzene rings is 3. The van der Waals surface area contributed by atoms with Crippen LogP contribution in [0.15, 0.2) is 65.1 Å². The molecule has 1 N–H and O–H groups in total. The second-order valence-electron chi connectivity index (χ2n) is 8.41. The van der Waals surface area contributed by atoms with Gasteiger partial charge >= 0.3 is 0 Å². The average Bonchev–Trinajstić information content (AvgIpc) is 3.26. The fourth-order valence-electron chi connectivity index (χ4n) is 4.90. The van der Waals surface area contributed by atoms with Gasteiger partial charge in [0.25, 0.3) is 0 Å². The molecule has 0 atom stereocenters. The number of hydrogen-bond donors (Lipinski definition) is 1. The molecular weight excluding hydrogens is 406 g/mol. The topological polar surface area (TPSA) is 62.8 Å². The lowest BCUT2D eigenvalue weighted by Crippen LogP contribution is -2.14. The highest BCUT2D eigenvalue weighted by atomic mass is 35.5. The van der Waals surface area contributed by atoms with E-state index in [0.29, 0.717) is 22.4 Å². The summed E-state index contributed by atoms with van der Waals surface area (Å²) in [6, 6.07) is 21.3. The zero-order valence-corrected chi connectivity index (χ0v) is 17.8. The fraction of sp³-hybridized carbons (Fsp3) is 0.115. The van der Waals surface area contributed by atoms with E-state index in [9.17, 15) is 0 Å². The van der Waals surface area contributed by atoms with Gasteiger partial charge in [0.1, 0.15) is 16.8 Å². The second kappa shape index (κ2) is 6.25. The molecule has 2 aromatic heterocycles. The van der Waals surface area contributed by atoms with Crippen LogP contribution in [-0.2, 0) is 5.41 Å². The molecule has 1 aliphatic rings. The fourth-order valence-corrected chi connectivity index (χ4v) is 5.07. The summed E-state index contributed by atoms with van der Waals surface area (Å²) in [6.45, 7) is 4.57. The molecule has 150 valence electrons. The van der Waals surface area contributed by atoms with E-state index in [1.165, 1.54) is 27.8 Å². The Hall–Kier alpha value is -3.50. The van der Waals surface area contributed by atoms with Crippen LogP contribution in [0.3, 0.4) is 0 Å². The van der Waals surface area contributed by atoms with Gasteiger partial charge in [-0.05, 0) is 57.1 Å². The molecule has 31 heavy (non-hydrogen) atoms. The van der Waals surface area contributed by atoms with Crippen LogP contribution in [0.25, 0.3) is 44.3 Å². The van der Waals surface area contributed by atoms with E-state index in [1.54, 1.807) is 0 Å². The summed E-state index contributed by atoms with van der Waals surface area (Å²) in [5.74, 6) is 0. The molecule has 2 heterocycles. The minimum atomic E-state index is -0.0476. The zero-order valence-electron chi connectivity index (χ0n) is 17.0. The maximum absolute atomic E-state index is 7.63. The van der Waals surface area contributed by atoms with Crippen LogP contribution in [0.4, 0.5) is 0 Å². The van der Waals surface area contributed by atoms with Gasteiger partial charge in [0, 0.05) is 17.0 Å². The van der Waals surface area contributed by atoms with Crippen molar-refractivity contribution in [3.05, 3.63) is 82.8 Å². The normalized spacial score (nSPS) is 14.0. The molecule has 0 amide bonds.